The Labute approximate surface area is 195 Å². The average Bonchev–Trinajstić information content (AvgIpc) is 2.72. The van der Waals surface area contributed by atoms with Gasteiger partial charge in [-0.2, -0.15) is 0 Å². The number of ether oxygens (including phenoxy) is 1. The summed E-state index contributed by atoms with van der Waals surface area (Å²) in [4.78, 5) is 12.5. The van der Waals surface area contributed by atoms with Crippen LogP contribution in [-0.2, 0) is 4.74 Å². The lowest BCUT2D eigenvalue weighted by Crippen LogP contribution is -3.00. The highest BCUT2D eigenvalue weighted by Crippen LogP contribution is 2.29. The highest BCUT2D eigenvalue weighted by atomic mass is 79.9. The van der Waals surface area contributed by atoms with E-state index < -0.39 is 0 Å². The van der Waals surface area contributed by atoms with E-state index in [1.54, 1.807) is 0 Å². The van der Waals surface area contributed by atoms with E-state index in [9.17, 15) is 4.79 Å². The van der Waals surface area contributed by atoms with Crippen LogP contribution in [0.5, 0.6) is 0 Å². The fourth-order valence-corrected chi connectivity index (χ4v) is 4.72. The minimum atomic E-state index is -0.157. The van der Waals surface area contributed by atoms with Crippen LogP contribution in [0.2, 0.25) is 0 Å². The maximum Gasteiger partial charge on any atom is 0.338 e. The molecule has 2 rings (SSSR count). The van der Waals surface area contributed by atoms with Crippen molar-refractivity contribution in [3.8, 4) is 0 Å². The third-order valence-electron chi connectivity index (χ3n) is 6.45. The Bertz CT molecular complexity index is 576. The fourth-order valence-electron chi connectivity index (χ4n) is 4.72. The number of esters is 1. The predicted molar refractivity (Wildman–Crippen MR) is 122 cm³/mol. The minimum absolute atomic E-state index is 0. The van der Waals surface area contributed by atoms with Crippen LogP contribution in [-0.4, -0.2) is 43.7 Å². The van der Waals surface area contributed by atoms with E-state index in [2.05, 4.69) is 21.0 Å². The molecule has 0 aliphatic heterocycles. The first-order valence-electron chi connectivity index (χ1n) is 12.1. The summed E-state index contributed by atoms with van der Waals surface area (Å²) in [6, 6.07) is 9.44. The van der Waals surface area contributed by atoms with Gasteiger partial charge in [0.2, 0.25) is 0 Å². The standard InChI is InChI=1S/C26H44NO2.BrH/c1-4-5-6-7-8-9-10-16-21-27(2,3)22-24-19-14-15-20-25(24)29-26(28)23-17-12-11-13-18-23;/h11-13,17-18,24-25H,4-10,14-16,19-22H2,1-3H3;1H/q+1;/p-1/t24-,25+;/m1./s1. The van der Waals surface area contributed by atoms with Gasteiger partial charge in [0.1, 0.15) is 6.10 Å². The van der Waals surface area contributed by atoms with E-state index in [0.717, 1.165) is 17.4 Å². The molecule has 1 aliphatic carbocycles. The smallest absolute Gasteiger partial charge is 0.338 e. The molecule has 3 nitrogen and oxygen atoms in total. The Kier molecular flexibility index (Phi) is 13.6. The van der Waals surface area contributed by atoms with Gasteiger partial charge in [0.05, 0.1) is 32.7 Å². The topological polar surface area (TPSA) is 26.3 Å². The van der Waals surface area contributed by atoms with Crippen molar-refractivity contribution < 1.29 is 31.0 Å². The zero-order valence-electron chi connectivity index (χ0n) is 19.6. The first kappa shape index (κ1) is 27.2. The molecule has 1 saturated carbocycles. The molecule has 1 aromatic carbocycles. The van der Waals surface area contributed by atoms with Gasteiger partial charge in [-0.3, -0.25) is 0 Å². The number of halogens is 1. The van der Waals surface area contributed by atoms with Crippen molar-refractivity contribution >= 4 is 5.97 Å². The second-order valence-electron chi connectivity index (χ2n) is 9.67. The highest BCUT2D eigenvalue weighted by Gasteiger charge is 2.33. The van der Waals surface area contributed by atoms with Crippen molar-refractivity contribution in [1.82, 2.24) is 0 Å². The number of hydrogen-bond donors (Lipinski definition) is 0. The van der Waals surface area contributed by atoms with Gasteiger partial charge in [-0.15, -0.1) is 0 Å². The highest BCUT2D eigenvalue weighted by molar-refractivity contribution is 5.89. The molecule has 0 unspecified atom stereocenters. The third-order valence-corrected chi connectivity index (χ3v) is 6.45. The molecule has 0 spiro atoms. The minimum Gasteiger partial charge on any atom is -1.00 e. The molecule has 1 fully saturated rings. The molecule has 2 atom stereocenters. The molecule has 0 amide bonds. The van der Waals surface area contributed by atoms with Gasteiger partial charge >= 0.3 is 5.97 Å². The molecule has 0 radical (unpaired) electrons. The normalized spacial score (nSPS) is 19.2. The molecular formula is C26H44BrNO2. The van der Waals surface area contributed by atoms with Crippen molar-refractivity contribution in [2.24, 2.45) is 5.92 Å². The molecule has 0 aromatic heterocycles. The molecule has 1 aromatic rings. The molecule has 1 aliphatic rings. The molecule has 0 N–H and O–H groups in total. The summed E-state index contributed by atoms with van der Waals surface area (Å²) in [5, 5.41) is 0. The van der Waals surface area contributed by atoms with Gasteiger partial charge in [-0.1, -0.05) is 70.1 Å². The second kappa shape index (κ2) is 15.0. The van der Waals surface area contributed by atoms with Crippen LogP contribution in [0.15, 0.2) is 30.3 Å². The van der Waals surface area contributed by atoms with Crippen LogP contribution < -0.4 is 17.0 Å². The summed E-state index contributed by atoms with van der Waals surface area (Å²) in [6.07, 6.45) is 15.7. The molecule has 30 heavy (non-hydrogen) atoms. The van der Waals surface area contributed by atoms with Crippen LogP contribution in [0.4, 0.5) is 0 Å². The predicted octanol–water partition coefficient (Wildman–Crippen LogP) is 3.62. The Morgan fingerprint density at radius 2 is 1.53 bits per heavy atom. The largest absolute Gasteiger partial charge is 1.00 e. The second-order valence-corrected chi connectivity index (χ2v) is 9.67. The fraction of sp³-hybridized carbons (Fsp3) is 0.731. The Morgan fingerprint density at radius 3 is 2.20 bits per heavy atom. The zero-order chi connectivity index (χ0) is 21.0. The van der Waals surface area contributed by atoms with E-state index in [1.807, 2.05) is 30.3 Å². The SMILES string of the molecule is CCCCCCCCCC[N+](C)(C)C[C@H]1CCCC[C@@H]1OC(=O)c1ccccc1.[Br-]. The van der Waals surface area contributed by atoms with E-state index in [-0.39, 0.29) is 29.1 Å². The first-order valence-corrected chi connectivity index (χ1v) is 12.1. The van der Waals surface area contributed by atoms with E-state index in [1.165, 1.54) is 77.2 Å². The van der Waals surface area contributed by atoms with E-state index in [4.69, 9.17) is 4.74 Å². The van der Waals surface area contributed by atoms with Crippen LogP contribution in [0, 0.1) is 5.92 Å². The maximum atomic E-state index is 12.5. The maximum absolute atomic E-state index is 12.5. The number of unbranched alkanes of at least 4 members (excludes halogenated alkanes) is 7. The average molecular weight is 483 g/mol. The Morgan fingerprint density at radius 1 is 0.933 bits per heavy atom. The number of nitrogens with zero attached hydrogens (tertiary/aromatic N) is 1. The van der Waals surface area contributed by atoms with Crippen molar-refractivity contribution in [3.63, 3.8) is 0 Å². The number of carbonyl (C=O) groups is 1. The molecule has 0 saturated heterocycles. The summed E-state index contributed by atoms with van der Waals surface area (Å²) in [7, 11) is 4.71. The number of carbonyl (C=O) groups excluding carboxylic acids is 1. The van der Waals surface area contributed by atoms with Gasteiger partial charge in [0.25, 0.3) is 0 Å². The molecule has 4 heteroatoms. The number of rotatable bonds is 13. The van der Waals surface area contributed by atoms with Gasteiger partial charge in [-0.05, 0) is 44.2 Å². The molecule has 0 bridgehead atoms. The lowest BCUT2D eigenvalue weighted by Gasteiger charge is -2.38. The number of hydrogen-bond acceptors (Lipinski definition) is 2. The summed E-state index contributed by atoms with van der Waals surface area (Å²) in [6.45, 7) is 4.62. The third kappa shape index (κ3) is 10.4. The van der Waals surface area contributed by atoms with E-state index >= 15 is 0 Å². The van der Waals surface area contributed by atoms with E-state index in [0.29, 0.717) is 11.5 Å². The lowest BCUT2D eigenvalue weighted by molar-refractivity contribution is -0.894. The van der Waals surface area contributed by atoms with Crippen LogP contribution >= 0.6 is 0 Å². The lowest BCUT2D eigenvalue weighted by atomic mass is 9.85. The van der Waals surface area contributed by atoms with Gasteiger partial charge in [0.15, 0.2) is 0 Å². The van der Waals surface area contributed by atoms with Crippen molar-refractivity contribution in [1.29, 1.82) is 0 Å². The van der Waals surface area contributed by atoms with Gasteiger partial charge in [-0.25, -0.2) is 4.79 Å². The van der Waals surface area contributed by atoms with Crippen molar-refractivity contribution in [2.45, 2.75) is 90.1 Å². The zero-order valence-corrected chi connectivity index (χ0v) is 21.2. The molecule has 172 valence electrons. The number of quaternary nitrogens is 1. The summed E-state index contributed by atoms with van der Waals surface area (Å²) in [5.74, 6) is 0.330. The Hall–Kier alpha value is -0.870. The summed E-state index contributed by atoms with van der Waals surface area (Å²) < 4.78 is 7.02. The molecule has 0 heterocycles. The number of benzene rings is 1. The van der Waals surface area contributed by atoms with Gasteiger partial charge < -0.3 is 26.2 Å². The van der Waals surface area contributed by atoms with Crippen molar-refractivity contribution in [2.75, 3.05) is 27.2 Å². The Balaban J connectivity index is 0.00000450. The quantitative estimate of drug-likeness (QED) is 0.244. The van der Waals surface area contributed by atoms with Crippen molar-refractivity contribution in [3.05, 3.63) is 35.9 Å². The van der Waals surface area contributed by atoms with Crippen LogP contribution in [0.3, 0.4) is 0 Å². The first-order chi connectivity index (χ1) is 14.0. The van der Waals surface area contributed by atoms with Crippen LogP contribution in [0.25, 0.3) is 0 Å². The summed E-state index contributed by atoms with van der Waals surface area (Å²) in [5.41, 5.74) is 0.671. The van der Waals surface area contributed by atoms with Crippen LogP contribution in [0.1, 0.15) is 94.3 Å². The van der Waals surface area contributed by atoms with Gasteiger partial charge in [0, 0.05) is 5.92 Å². The molecular weight excluding hydrogens is 438 g/mol. The summed E-state index contributed by atoms with van der Waals surface area (Å²) >= 11 is 0. The monoisotopic (exact) mass is 481 g/mol.